The molecule has 94 valence electrons. The van der Waals surface area contributed by atoms with Gasteiger partial charge in [-0.1, -0.05) is 0 Å². The molecule has 0 saturated heterocycles. The van der Waals surface area contributed by atoms with Crippen LogP contribution in [0.4, 0.5) is 5.69 Å². The van der Waals surface area contributed by atoms with Crippen LogP contribution in [0.15, 0.2) is 41.0 Å². The Hall–Kier alpha value is -2.54. The molecular formula is C12H8N4O2S. The summed E-state index contributed by atoms with van der Waals surface area (Å²) in [4.78, 5) is 34.8. The number of pyridine rings is 1. The minimum atomic E-state index is -0.349. The summed E-state index contributed by atoms with van der Waals surface area (Å²) in [5.74, 6) is -0.349. The number of fused-ring (bicyclic) bond motifs is 1. The largest absolute Gasteiger partial charge is 0.321 e. The lowest BCUT2D eigenvalue weighted by Gasteiger charge is -2.02. The molecule has 3 heterocycles. The third-order valence-electron chi connectivity index (χ3n) is 2.54. The quantitative estimate of drug-likeness (QED) is 0.742. The normalized spacial score (nSPS) is 10.5. The summed E-state index contributed by atoms with van der Waals surface area (Å²) >= 11 is 1.26. The lowest BCUT2D eigenvalue weighted by Crippen LogP contribution is -2.15. The number of hydrogen-bond acceptors (Lipinski definition) is 5. The number of amides is 1. The van der Waals surface area contributed by atoms with E-state index in [1.54, 1.807) is 23.7 Å². The molecule has 0 aliphatic carbocycles. The SMILES string of the molecule is O=C(Nc1cccnc1)c1csc2nc[nH]c(=O)c12. The molecule has 0 aliphatic rings. The van der Waals surface area contributed by atoms with Crippen molar-refractivity contribution in [2.75, 3.05) is 5.32 Å². The maximum Gasteiger partial charge on any atom is 0.260 e. The van der Waals surface area contributed by atoms with Crippen molar-refractivity contribution < 1.29 is 4.79 Å². The van der Waals surface area contributed by atoms with E-state index in [-0.39, 0.29) is 11.5 Å². The maximum absolute atomic E-state index is 12.1. The van der Waals surface area contributed by atoms with Crippen molar-refractivity contribution in [2.45, 2.75) is 0 Å². The Morgan fingerprint density at radius 2 is 2.32 bits per heavy atom. The van der Waals surface area contributed by atoms with Crippen molar-refractivity contribution in [3.63, 3.8) is 0 Å². The van der Waals surface area contributed by atoms with Gasteiger partial charge in [-0.05, 0) is 12.1 Å². The van der Waals surface area contributed by atoms with Crippen LogP contribution in [-0.4, -0.2) is 20.9 Å². The number of rotatable bonds is 2. The van der Waals surface area contributed by atoms with E-state index in [4.69, 9.17) is 0 Å². The van der Waals surface area contributed by atoms with Crippen LogP contribution in [0.3, 0.4) is 0 Å². The van der Waals surface area contributed by atoms with Crippen molar-refractivity contribution in [1.29, 1.82) is 0 Å². The lowest BCUT2D eigenvalue weighted by atomic mass is 10.2. The van der Waals surface area contributed by atoms with E-state index < -0.39 is 0 Å². The van der Waals surface area contributed by atoms with Crippen LogP contribution in [0.5, 0.6) is 0 Å². The predicted octanol–water partition coefficient (Wildman–Crippen LogP) is 1.63. The Morgan fingerprint density at radius 1 is 1.42 bits per heavy atom. The fraction of sp³-hybridized carbons (Fsp3) is 0. The van der Waals surface area contributed by atoms with Gasteiger partial charge in [0.1, 0.15) is 4.83 Å². The van der Waals surface area contributed by atoms with Crippen molar-refractivity contribution >= 4 is 33.1 Å². The average molecular weight is 272 g/mol. The van der Waals surface area contributed by atoms with Crippen LogP contribution in [0.25, 0.3) is 10.2 Å². The standard InChI is InChI=1S/C12H8N4O2S/c17-10(16-7-2-1-3-13-4-7)8-5-19-12-9(8)11(18)14-6-15-12/h1-6H,(H,16,17)(H,14,15,18). The minimum absolute atomic E-state index is 0.314. The second-order valence-corrected chi connectivity index (χ2v) is 4.62. The summed E-state index contributed by atoms with van der Waals surface area (Å²) in [7, 11) is 0. The zero-order chi connectivity index (χ0) is 13.2. The van der Waals surface area contributed by atoms with E-state index in [1.807, 2.05) is 0 Å². The molecule has 0 unspecified atom stereocenters. The third-order valence-corrected chi connectivity index (χ3v) is 3.43. The molecule has 0 saturated carbocycles. The number of anilines is 1. The molecule has 1 amide bonds. The average Bonchev–Trinajstić information content (AvgIpc) is 2.85. The Morgan fingerprint density at radius 3 is 3.11 bits per heavy atom. The van der Waals surface area contributed by atoms with Gasteiger partial charge in [-0.3, -0.25) is 14.6 Å². The van der Waals surface area contributed by atoms with Gasteiger partial charge in [0.25, 0.3) is 11.5 Å². The van der Waals surface area contributed by atoms with Crippen LogP contribution in [-0.2, 0) is 0 Å². The molecular weight excluding hydrogens is 264 g/mol. The first-order chi connectivity index (χ1) is 9.25. The Balaban J connectivity index is 2.01. The molecule has 3 aromatic heterocycles. The number of carbonyl (C=O) groups is 1. The first-order valence-electron chi connectivity index (χ1n) is 5.42. The molecule has 19 heavy (non-hydrogen) atoms. The van der Waals surface area contributed by atoms with E-state index in [0.717, 1.165) is 0 Å². The number of nitrogens with one attached hydrogen (secondary N) is 2. The molecule has 0 spiro atoms. The van der Waals surface area contributed by atoms with Crippen LogP contribution >= 0.6 is 11.3 Å². The van der Waals surface area contributed by atoms with Crippen LogP contribution < -0.4 is 10.9 Å². The van der Waals surface area contributed by atoms with Gasteiger partial charge in [-0.15, -0.1) is 11.3 Å². The topological polar surface area (TPSA) is 87.7 Å². The van der Waals surface area contributed by atoms with Gasteiger partial charge in [0, 0.05) is 11.6 Å². The molecule has 3 rings (SSSR count). The summed E-state index contributed by atoms with van der Waals surface area (Å²) in [5, 5.41) is 4.63. The first kappa shape index (κ1) is 11.5. The van der Waals surface area contributed by atoms with E-state index in [9.17, 15) is 9.59 Å². The highest BCUT2D eigenvalue weighted by atomic mass is 32.1. The molecule has 0 radical (unpaired) electrons. The van der Waals surface area contributed by atoms with Gasteiger partial charge in [-0.2, -0.15) is 0 Å². The molecule has 0 aromatic carbocycles. The molecule has 7 heteroatoms. The smallest absolute Gasteiger partial charge is 0.260 e. The van der Waals surface area contributed by atoms with Crippen LogP contribution in [0.1, 0.15) is 10.4 Å². The number of H-pyrrole nitrogens is 1. The fourth-order valence-electron chi connectivity index (χ4n) is 1.69. The summed E-state index contributed by atoms with van der Waals surface area (Å²) in [5.41, 5.74) is 0.577. The summed E-state index contributed by atoms with van der Waals surface area (Å²) < 4.78 is 0. The Kier molecular flexibility index (Phi) is 2.81. The van der Waals surface area contributed by atoms with Gasteiger partial charge in [0.05, 0.1) is 29.2 Å². The number of thiophene rings is 1. The molecule has 6 nitrogen and oxygen atoms in total. The molecule has 2 N–H and O–H groups in total. The third kappa shape index (κ3) is 2.11. The maximum atomic E-state index is 12.1. The van der Waals surface area contributed by atoms with Crippen LogP contribution in [0, 0.1) is 0 Å². The van der Waals surface area contributed by atoms with Crippen molar-refractivity contribution in [3.05, 3.63) is 52.2 Å². The first-order valence-corrected chi connectivity index (χ1v) is 6.30. The second-order valence-electron chi connectivity index (χ2n) is 3.76. The zero-order valence-corrected chi connectivity index (χ0v) is 10.4. The number of hydrogen-bond donors (Lipinski definition) is 2. The van der Waals surface area contributed by atoms with Gasteiger partial charge >= 0.3 is 0 Å². The van der Waals surface area contributed by atoms with Gasteiger partial charge in [0.15, 0.2) is 0 Å². The van der Waals surface area contributed by atoms with Crippen molar-refractivity contribution in [1.82, 2.24) is 15.0 Å². The Labute approximate surface area is 111 Å². The van der Waals surface area contributed by atoms with E-state index in [1.165, 1.54) is 23.9 Å². The van der Waals surface area contributed by atoms with Gasteiger partial charge in [0.2, 0.25) is 0 Å². The van der Waals surface area contributed by atoms with E-state index >= 15 is 0 Å². The molecule has 0 aliphatic heterocycles. The van der Waals surface area contributed by atoms with Crippen LogP contribution in [0.2, 0.25) is 0 Å². The predicted molar refractivity (Wildman–Crippen MR) is 72.4 cm³/mol. The number of carbonyl (C=O) groups excluding carboxylic acids is 1. The number of nitrogens with zero attached hydrogens (tertiary/aromatic N) is 2. The van der Waals surface area contributed by atoms with E-state index in [2.05, 4.69) is 20.3 Å². The zero-order valence-electron chi connectivity index (χ0n) is 9.58. The molecule has 0 atom stereocenters. The second kappa shape index (κ2) is 4.62. The highest BCUT2D eigenvalue weighted by molar-refractivity contribution is 7.17. The lowest BCUT2D eigenvalue weighted by molar-refractivity contribution is 0.102. The summed E-state index contributed by atoms with van der Waals surface area (Å²) in [6.45, 7) is 0. The minimum Gasteiger partial charge on any atom is -0.321 e. The Bertz CT molecular complexity index is 794. The van der Waals surface area contributed by atoms with Gasteiger partial charge < -0.3 is 10.3 Å². The molecule has 0 fully saturated rings. The summed E-state index contributed by atoms with van der Waals surface area (Å²) in [6.07, 6.45) is 4.48. The monoisotopic (exact) mass is 272 g/mol. The molecule has 3 aromatic rings. The van der Waals surface area contributed by atoms with Crippen molar-refractivity contribution in [2.24, 2.45) is 0 Å². The van der Waals surface area contributed by atoms with E-state index in [0.29, 0.717) is 21.5 Å². The summed E-state index contributed by atoms with van der Waals surface area (Å²) in [6, 6.07) is 3.44. The fourth-order valence-corrected chi connectivity index (χ4v) is 2.57. The van der Waals surface area contributed by atoms with Crippen molar-refractivity contribution in [3.8, 4) is 0 Å². The number of aromatic nitrogens is 3. The number of aromatic amines is 1. The highest BCUT2D eigenvalue weighted by Gasteiger charge is 2.15. The highest BCUT2D eigenvalue weighted by Crippen LogP contribution is 2.21. The molecule has 0 bridgehead atoms. The van der Waals surface area contributed by atoms with Gasteiger partial charge in [-0.25, -0.2) is 4.98 Å².